The van der Waals surface area contributed by atoms with Crippen LogP contribution in [0.3, 0.4) is 0 Å². The molecule has 2 aliphatic rings. The van der Waals surface area contributed by atoms with Gasteiger partial charge in [0, 0.05) is 26.2 Å². The zero-order valence-electron chi connectivity index (χ0n) is 15.3. The number of sulfonamides is 1. The number of hydrogen-bond donors (Lipinski definition) is 1. The van der Waals surface area contributed by atoms with Gasteiger partial charge < -0.3 is 10.6 Å². The Morgan fingerprint density at radius 2 is 1.69 bits per heavy atom. The Hall–Kier alpha value is -0.870. The van der Waals surface area contributed by atoms with Crippen LogP contribution in [0.1, 0.15) is 38.2 Å². The van der Waals surface area contributed by atoms with Gasteiger partial charge in [-0.15, -0.1) is 24.0 Å². The highest BCUT2D eigenvalue weighted by Crippen LogP contribution is 2.21. The molecule has 26 heavy (non-hydrogen) atoms. The maximum Gasteiger partial charge on any atom is 0.243 e. The van der Waals surface area contributed by atoms with Gasteiger partial charge in [-0.1, -0.05) is 19.1 Å². The number of likely N-dealkylation sites (tertiary alicyclic amines) is 1. The van der Waals surface area contributed by atoms with Gasteiger partial charge in [-0.3, -0.25) is 0 Å². The van der Waals surface area contributed by atoms with E-state index in [1.807, 2.05) is 12.1 Å². The third-order valence-corrected chi connectivity index (χ3v) is 7.07. The fourth-order valence-corrected chi connectivity index (χ4v) is 4.87. The summed E-state index contributed by atoms with van der Waals surface area (Å²) in [6, 6.07) is 7.02. The summed E-state index contributed by atoms with van der Waals surface area (Å²) >= 11 is 0. The van der Waals surface area contributed by atoms with Crippen molar-refractivity contribution in [1.29, 1.82) is 0 Å². The molecule has 8 heteroatoms. The zero-order valence-corrected chi connectivity index (χ0v) is 18.4. The molecule has 1 aromatic rings. The quantitative estimate of drug-likeness (QED) is 0.398. The third kappa shape index (κ3) is 5.10. The summed E-state index contributed by atoms with van der Waals surface area (Å²) < 4.78 is 26.6. The summed E-state index contributed by atoms with van der Waals surface area (Å²) in [6.45, 7) is 5.91. The number of piperidine rings is 1. The molecule has 2 saturated heterocycles. The Balaban J connectivity index is 0.00000243. The van der Waals surface area contributed by atoms with E-state index in [0.717, 1.165) is 50.3 Å². The predicted molar refractivity (Wildman–Crippen MR) is 115 cm³/mol. The van der Waals surface area contributed by atoms with E-state index in [1.165, 1.54) is 0 Å². The van der Waals surface area contributed by atoms with Crippen molar-refractivity contribution in [1.82, 2.24) is 9.21 Å². The normalized spacial score (nSPS) is 20.2. The molecule has 0 unspecified atom stereocenters. The molecule has 0 aromatic heterocycles. The van der Waals surface area contributed by atoms with Crippen molar-refractivity contribution in [3.63, 3.8) is 0 Å². The molecule has 2 aliphatic heterocycles. The van der Waals surface area contributed by atoms with Crippen molar-refractivity contribution in [2.75, 3.05) is 26.2 Å². The third-order valence-electron chi connectivity index (χ3n) is 5.16. The van der Waals surface area contributed by atoms with Crippen LogP contribution in [0.2, 0.25) is 0 Å². The fourth-order valence-electron chi connectivity index (χ4n) is 3.35. The van der Waals surface area contributed by atoms with Crippen LogP contribution in [0, 0.1) is 5.92 Å². The maximum absolute atomic E-state index is 12.5. The molecule has 0 bridgehead atoms. The lowest BCUT2D eigenvalue weighted by Gasteiger charge is -2.31. The van der Waals surface area contributed by atoms with Gasteiger partial charge in [-0.25, -0.2) is 13.4 Å². The van der Waals surface area contributed by atoms with Gasteiger partial charge in [0.15, 0.2) is 5.96 Å². The average Bonchev–Trinajstić information content (AvgIpc) is 3.16. The molecule has 0 radical (unpaired) electrons. The highest BCUT2D eigenvalue weighted by atomic mass is 127. The van der Waals surface area contributed by atoms with Crippen LogP contribution in [0.4, 0.5) is 0 Å². The Morgan fingerprint density at radius 3 is 2.27 bits per heavy atom. The average molecular weight is 492 g/mol. The lowest BCUT2D eigenvalue weighted by Crippen LogP contribution is -2.42. The van der Waals surface area contributed by atoms with Crippen molar-refractivity contribution in [2.45, 2.75) is 44.0 Å². The summed E-state index contributed by atoms with van der Waals surface area (Å²) in [5.74, 6) is 1.34. The number of hydrogen-bond acceptors (Lipinski definition) is 3. The molecule has 2 N–H and O–H groups in total. The van der Waals surface area contributed by atoms with Gasteiger partial charge in [-0.2, -0.15) is 4.31 Å². The summed E-state index contributed by atoms with van der Waals surface area (Å²) in [5.41, 5.74) is 7.06. The molecule has 2 heterocycles. The summed E-state index contributed by atoms with van der Waals surface area (Å²) in [5, 5.41) is 0. The van der Waals surface area contributed by atoms with E-state index in [-0.39, 0.29) is 24.0 Å². The number of benzene rings is 1. The Bertz CT molecular complexity index is 707. The van der Waals surface area contributed by atoms with E-state index in [9.17, 15) is 8.42 Å². The molecule has 6 nitrogen and oxygen atoms in total. The lowest BCUT2D eigenvalue weighted by molar-refractivity contribution is 0.277. The second-order valence-corrected chi connectivity index (χ2v) is 9.04. The second kappa shape index (κ2) is 9.36. The molecule has 0 atom stereocenters. The van der Waals surface area contributed by atoms with Crippen LogP contribution in [-0.4, -0.2) is 49.8 Å². The molecule has 0 spiro atoms. The first-order chi connectivity index (χ1) is 12.0. The smallest absolute Gasteiger partial charge is 0.243 e. The minimum absolute atomic E-state index is 0. The summed E-state index contributed by atoms with van der Waals surface area (Å²) in [7, 11) is -3.34. The van der Waals surface area contributed by atoms with Crippen molar-refractivity contribution < 1.29 is 8.42 Å². The van der Waals surface area contributed by atoms with Crippen LogP contribution < -0.4 is 5.73 Å². The number of rotatable bonds is 4. The largest absolute Gasteiger partial charge is 0.370 e. The van der Waals surface area contributed by atoms with E-state index in [2.05, 4.69) is 16.8 Å². The van der Waals surface area contributed by atoms with Gasteiger partial charge in [0.1, 0.15) is 0 Å². The Kier molecular flexibility index (Phi) is 7.72. The first-order valence-corrected chi connectivity index (χ1v) is 10.5. The highest BCUT2D eigenvalue weighted by molar-refractivity contribution is 14.0. The van der Waals surface area contributed by atoms with Gasteiger partial charge in [0.25, 0.3) is 0 Å². The van der Waals surface area contributed by atoms with Gasteiger partial charge in [-0.05, 0) is 49.3 Å². The van der Waals surface area contributed by atoms with Gasteiger partial charge in [0.05, 0.1) is 11.4 Å². The molecular weight excluding hydrogens is 463 g/mol. The molecule has 146 valence electrons. The molecular formula is C18H29IN4O2S. The Morgan fingerprint density at radius 1 is 1.12 bits per heavy atom. The van der Waals surface area contributed by atoms with Crippen LogP contribution in [-0.2, 0) is 16.6 Å². The predicted octanol–water partition coefficient (Wildman–Crippen LogP) is 2.64. The van der Waals surface area contributed by atoms with Crippen LogP contribution >= 0.6 is 24.0 Å². The first kappa shape index (κ1) is 21.4. The molecule has 0 saturated carbocycles. The number of nitrogens with two attached hydrogens (primary N) is 1. The minimum Gasteiger partial charge on any atom is -0.370 e. The van der Waals surface area contributed by atoms with Crippen molar-refractivity contribution in [2.24, 2.45) is 16.6 Å². The number of aliphatic imine (C=N–C) groups is 1. The van der Waals surface area contributed by atoms with Gasteiger partial charge in [0.2, 0.25) is 10.0 Å². The maximum atomic E-state index is 12.5. The van der Waals surface area contributed by atoms with E-state index >= 15 is 0 Å². The number of guanidine groups is 1. The van der Waals surface area contributed by atoms with E-state index in [4.69, 9.17) is 5.73 Å². The molecule has 0 aliphatic carbocycles. The summed E-state index contributed by atoms with van der Waals surface area (Å²) in [4.78, 5) is 6.97. The monoisotopic (exact) mass is 492 g/mol. The van der Waals surface area contributed by atoms with Crippen LogP contribution in [0.5, 0.6) is 0 Å². The SMILES string of the molecule is CC1CCN(C(N)=NCc2ccc(S(=O)(=O)N3CCCC3)cc2)CC1.I. The molecule has 0 amide bonds. The first-order valence-electron chi connectivity index (χ1n) is 9.11. The molecule has 3 rings (SSSR count). The fraction of sp³-hybridized carbons (Fsp3) is 0.611. The molecule has 2 fully saturated rings. The lowest BCUT2D eigenvalue weighted by atomic mass is 10.00. The highest BCUT2D eigenvalue weighted by Gasteiger charge is 2.26. The number of nitrogens with zero attached hydrogens (tertiary/aromatic N) is 3. The van der Waals surface area contributed by atoms with Crippen LogP contribution in [0.15, 0.2) is 34.2 Å². The minimum atomic E-state index is -3.34. The van der Waals surface area contributed by atoms with E-state index in [1.54, 1.807) is 16.4 Å². The van der Waals surface area contributed by atoms with Crippen molar-refractivity contribution >= 4 is 40.0 Å². The number of halogens is 1. The molecule has 1 aromatic carbocycles. The van der Waals surface area contributed by atoms with E-state index in [0.29, 0.717) is 30.5 Å². The topological polar surface area (TPSA) is 79.0 Å². The van der Waals surface area contributed by atoms with Crippen molar-refractivity contribution in [3.05, 3.63) is 29.8 Å². The Labute approximate surface area is 173 Å². The van der Waals surface area contributed by atoms with Crippen molar-refractivity contribution in [3.8, 4) is 0 Å². The zero-order chi connectivity index (χ0) is 17.9. The van der Waals surface area contributed by atoms with Gasteiger partial charge >= 0.3 is 0 Å². The van der Waals surface area contributed by atoms with Crippen LogP contribution in [0.25, 0.3) is 0 Å². The second-order valence-electron chi connectivity index (χ2n) is 7.10. The summed E-state index contributed by atoms with van der Waals surface area (Å²) in [6.07, 6.45) is 4.19. The standard InChI is InChI=1S/C18H28N4O2S.HI/c1-15-8-12-21(13-9-15)18(19)20-14-16-4-6-17(7-5-16)25(23,24)22-10-2-3-11-22;/h4-7,15H,2-3,8-14H2,1H3,(H2,19,20);1H. The van der Waals surface area contributed by atoms with E-state index < -0.39 is 10.0 Å².